The minimum absolute atomic E-state index is 0.575. The lowest BCUT2D eigenvalue weighted by Crippen LogP contribution is -2.06. The van der Waals surface area contributed by atoms with Crippen LogP contribution in [0.1, 0.15) is 20.3 Å². The number of nitrogens with one attached hydrogen (secondary N) is 1. The zero-order valence-corrected chi connectivity index (χ0v) is 12.2. The lowest BCUT2D eigenvalue weighted by molar-refractivity contribution is 0.631. The van der Waals surface area contributed by atoms with Crippen molar-refractivity contribution in [2.24, 2.45) is 5.92 Å². The molecule has 0 bridgehead atoms. The molecule has 0 atom stereocenters. The summed E-state index contributed by atoms with van der Waals surface area (Å²) in [7, 11) is 1.80. The van der Waals surface area contributed by atoms with E-state index in [4.69, 9.17) is 0 Å². The number of imidazole rings is 1. The summed E-state index contributed by atoms with van der Waals surface area (Å²) in [4.78, 5) is 17.1. The van der Waals surface area contributed by atoms with Crippen LogP contribution in [-0.4, -0.2) is 37.3 Å². The van der Waals surface area contributed by atoms with Crippen LogP contribution in [-0.2, 0) is 0 Å². The number of rotatable bonds is 6. The van der Waals surface area contributed by atoms with Gasteiger partial charge in [-0.1, -0.05) is 25.6 Å². The fourth-order valence-corrected chi connectivity index (χ4v) is 2.47. The lowest BCUT2D eigenvalue weighted by atomic mass is 10.2. The highest BCUT2D eigenvalue weighted by atomic mass is 32.2. The third kappa shape index (κ3) is 3.92. The summed E-state index contributed by atoms with van der Waals surface area (Å²) in [5.41, 5.74) is 0. The number of hydrogen-bond donors (Lipinski definition) is 1. The largest absolute Gasteiger partial charge is 0.357 e. The summed E-state index contributed by atoms with van der Waals surface area (Å²) in [5.74, 6) is 2.86. The molecule has 0 unspecified atom stereocenters. The van der Waals surface area contributed by atoms with Crippen LogP contribution in [0.3, 0.4) is 0 Å². The van der Waals surface area contributed by atoms with Crippen LogP contribution in [0.5, 0.6) is 0 Å². The van der Waals surface area contributed by atoms with Crippen molar-refractivity contribution in [3.05, 3.63) is 18.7 Å². The Labute approximate surface area is 117 Å². The number of hydrogen-bond acceptors (Lipinski definition) is 6. The first kappa shape index (κ1) is 13.8. The smallest absolute Gasteiger partial charge is 0.240 e. The van der Waals surface area contributed by atoms with Crippen LogP contribution in [0, 0.1) is 5.92 Å². The van der Waals surface area contributed by atoms with Crippen molar-refractivity contribution in [3.8, 4) is 5.95 Å². The zero-order chi connectivity index (χ0) is 13.7. The molecule has 2 aromatic rings. The second-order valence-corrected chi connectivity index (χ2v) is 5.55. The molecule has 2 heterocycles. The quantitative estimate of drug-likeness (QED) is 0.817. The van der Waals surface area contributed by atoms with Gasteiger partial charge in [-0.3, -0.25) is 4.57 Å². The Kier molecular flexibility index (Phi) is 4.73. The Bertz CT molecular complexity index is 511. The summed E-state index contributed by atoms with van der Waals surface area (Å²) in [6, 6.07) is 0. The Morgan fingerprint density at radius 1 is 1.32 bits per heavy atom. The van der Waals surface area contributed by atoms with Crippen LogP contribution in [0.15, 0.2) is 23.9 Å². The number of nitrogens with zero attached hydrogens (tertiary/aromatic N) is 5. The van der Waals surface area contributed by atoms with Gasteiger partial charge in [0, 0.05) is 25.2 Å². The van der Waals surface area contributed by atoms with E-state index in [2.05, 4.69) is 39.1 Å². The molecule has 0 saturated carbocycles. The standard InChI is InChI=1S/C12H18N6S/c1-9(2)4-7-19-12-16-10(13-3)15-11(17-12)18-6-5-14-8-18/h5-6,8-9H,4,7H2,1-3H3,(H,13,15,16,17). The van der Waals surface area contributed by atoms with Gasteiger partial charge in [0.15, 0.2) is 5.16 Å². The molecular weight excluding hydrogens is 260 g/mol. The zero-order valence-electron chi connectivity index (χ0n) is 11.4. The fraction of sp³-hybridized carbons (Fsp3) is 0.500. The first-order valence-corrected chi connectivity index (χ1v) is 7.22. The number of aromatic nitrogens is 5. The normalized spacial score (nSPS) is 10.9. The first-order valence-electron chi connectivity index (χ1n) is 6.24. The van der Waals surface area contributed by atoms with Crippen LogP contribution in [0.25, 0.3) is 5.95 Å². The van der Waals surface area contributed by atoms with Crippen molar-refractivity contribution in [2.75, 3.05) is 18.1 Å². The molecular formula is C12H18N6S. The molecule has 7 heteroatoms. The molecule has 0 aromatic carbocycles. The molecule has 19 heavy (non-hydrogen) atoms. The van der Waals surface area contributed by atoms with E-state index in [0.717, 1.165) is 17.3 Å². The van der Waals surface area contributed by atoms with E-state index >= 15 is 0 Å². The summed E-state index contributed by atoms with van der Waals surface area (Å²) >= 11 is 1.65. The molecule has 0 amide bonds. The van der Waals surface area contributed by atoms with Crippen LogP contribution < -0.4 is 5.32 Å². The topological polar surface area (TPSA) is 68.5 Å². The molecule has 102 valence electrons. The maximum absolute atomic E-state index is 4.44. The van der Waals surface area contributed by atoms with Gasteiger partial charge in [-0.25, -0.2) is 4.98 Å². The van der Waals surface area contributed by atoms with Gasteiger partial charge in [0.2, 0.25) is 11.9 Å². The maximum atomic E-state index is 4.44. The van der Waals surface area contributed by atoms with Crippen molar-refractivity contribution in [3.63, 3.8) is 0 Å². The van der Waals surface area contributed by atoms with E-state index in [-0.39, 0.29) is 0 Å². The predicted molar refractivity (Wildman–Crippen MR) is 76.7 cm³/mol. The summed E-state index contributed by atoms with van der Waals surface area (Å²) in [5, 5.41) is 3.70. The van der Waals surface area contributed by atoms with Crippen molar-refractivity contribution in [1.29, 1.82) is 0 Å². The van der Waals surface area contributed by atoms with E-state index in [1.807, 2.05) is 6.20 Å². The molecule has 0 aliphatic heterocycles. The second-order valence-electron chi connectivity index (χ2n) is 4.49. The average molecular weight is 278 g/mol. The van der Waals surface area contributed by atoms with Crippen molar-refractivity contribution >= 4 is 17.7 Å². The molecule has 0 saturated heterocycles. The minimum Gasteiger partial charge on any atom is -0.357 e. The Hall–Kier alpha value is -1.63. The van der Waals surface area contributed by atoms with Gasteiger partial charge in [-0.2, -0.15) is 15.0 Å². The van der Waals surface area contributed by atoms with E-state index in [9.17, 15) is 0 Å². The molecule has 6 nitrogen and oxygen atoms in total. The van der Waals surface area contributed by atoms with Crippen molar-refractivity contribution in [1.82, 2.24) is 24.5 Å². The third-order valence-corrected chi connectivity index (χ3v) is 3.37. The minimum atomic E-state index is 0.575. The SMILES string of the molecule is CNc1nc(SCCC(C)C)nc(-n2ccnc2)n1. The highest BCUT2D eigenvalue weighted by molar-refractivity contribution is 7.99. The van der Waals surface area contributed by atoms with E-state index in [1.165, 1.54) is 0 Å². The van der Waals surface area contributed by atoms with Gasteiger partial charge in [0.1, 0.15) is 6.33 Å². The lowest BCUT2D eigenvalue weighted by Gasteiger charge is -2.07. The van der Waals surface area contributed by atoms with Gasteiger partial charge in [0.25, 0.3) is 0 Å². The number of thioether (sulfide) groups is 1. The third-order valence-electron chi connectivity index (χ3n) is 2.49. The van der Waals surface area contributed by atoms with Crippen LogP contribution in [0.4, 0.5) is 5.95 Å². The van der Waals surface area contributed by atoms with Gasteiger partial charge in [-0.15, -0.1) is 0 Å². The first-order chi connectivity index (χ1) is 9.19. The molecule has 0 aliphatic rings. The van der Waals surface area contributed by atoms with Gasteiger partial charge >= 0.3 is 0 Å². The molecule has 2 aromatic heterocycles. The van der Waals surface area contributed by atoms with Crippen LogP contribution in [0.2, 0.25) is 0 Å². The number of anilines is 1. The maximum Gasteiger partial charge on any atom is 0.240 e. The highest BCUT2D eigenvalue weighted by Crippen LogP contribution is 2.18. The molecule has 1 N–H and O–H groups in total. The van der Waals surface area contributed by atoms with E-state index in [0.29, 0.717) is 17.8 Å². The molecule has 2 rings (SSSR count). The monoisotopic (exact) mass is 278 g/mol. The molecule has 0 radical (unpaired) electrons. The second kappa shape index (κ2) is 6.51. The molecule has 0 aliphatic carbocycles. The molecule has 0 spiro atoms. The van der Waals surface area contributed by atoms with E-state index < -0.39 is 0 Å². The van der Waals surface area contributed by atoms with Crippen molar-refractivity contribution in [2.45, 2.75) is 25.4 Å². The molecule has 0 fully saturated rings. The average Bonchev–Trinajstić information content (AvgIpc) is 2.92. The highest BCUT2D eigenvalue weighted by Gasteiger charge is 2.08. The fourth-order valence-electron chi connectivity index (χ4n) is 1.40. The Morgan fingerprint density at radius 3 is 2.79 bits per heavy atom. The summed E-state index contributed by atoms with van der Waals surface area (Å²) in [6.07, 6.45) is 6.34. The Balaban J connectivity index is 2.16. The van der Waals surface area contributed by atoms with Crippen LogP contribution >= 0.6 is 11.8 Å². The van der Waals surface area contributed by atoms with Crippen molar-refractivity contribution < 1.29 is 0 Å². The van der Waals surface area contributed by atoms with Gasteiger partial charge in [0.05, 0.1) is 0 Å². The van der Waals surface area contributed by atoms with Gasteiger partial charge in [-0.05, 0) is 12.3 Å². The van der Waals surface area contributed by atoms with Gasteiger partial charge < -0.3 is 5.32 Å². The van der Waals surface area contributed by atoms with E-state index in [1.54, 1.807) is 35.9 Å². The summed E-state index contributed by atoms with van der Waals surface area (Å²) < 4.78 is 1.77. The Morgan fingerprint density at radius 2 is 2.16 bits per heavy atom. The predicted octanol–water partition coefficient (Wildman–Crippen LogP) is 2.24. The summed E-state index contributed by atoms with van der Waals surface area (Å²) in [6.45, 7) is 4.42.